The highest BCUT2D eigenvalue weighted by Gasteiger charge is 2.19. The van der Waals surface area contributed by atoms with E-state index in [1.807, 2.05) is 35.6 Å². The Hall–Kier alpha value is -4.01. The van der Waals surface area contributed by atoms with Gasteiger partial charge in [-0.15, -0.1) is 10.2 Å². The van der Waals surface area contributed by atoms with Crippen molar-refractivity contribution in [3.05, 3.63) is 59.4 Å². The number of fused-ring (bicyclic) bond motifs is 3. The van der Waals surface area contributed by atoms with Gasteiger partial charge in [-0.25, -0.2) is 14.6 Å². The Kier molecular flexibility index (Phi) is 4.55. The highest BCUT2D eigenvalue weighted by Crippen LogP contribution is 2.27. The molecule has 2 aromatic carbocycles. The molecule has 0 aliphatic heterocycles. The summed E-state index contributed by atoms with van der Waals surface area (Å²) in [7, 11) is 2.58. The van der Waals surface area contributed by atoms with Crippen LogP contribution in [0, 0.1) is 6.92 Å². The van der Waals surface area contributed by atoms with Gasteiger partial charge >= 0.3 is 11.9 Å². The first-order chi connectivity index (χ1) is 14.0. The van der Waals surface area contributed by atoms with Crippen molar-refractivity contribution in [2.75, 3.05) is 19.5 Å². The van der Waals surface area contributed by atoms with Crippen molar-refractivity contribution >= 4 is 40.1 Å². The number of ether oxygens (including phenoxy) is 2. The van der Waals surface area contributed by atoms with Crippen LogP contribution in [0.1, 0.15) is 26.5 Å². The van der Waals surface area contributed by atoms with Crippen LogP contribution in [-0.4, -0.2) is 45.7 Å². The fourth-order valence-corrected chi connectivity index (χ4v) is 3.11. The van der Waals surface area contributed by atoms with Gasteiger partial charge < -0.3 is 14.8 Å². The van der Waals surface area contributed by atoms with E-state index >= 15 is 0 Å². The van der Waals surface area contributed by atoms with Gasteiger partial charge in [-0.2, -0.15) is 0 Å². The first-order valence-corrected chi connectivity index (χ1v) is 8.71. The van der Waals surface area contributed by atoms with Crippen molar-refractivity contribution in [2.45, 2.75) is 6.92 Å². The van der Waals surface area contributed by atoms with Gasteiger partial charge in [0.2, 0.25) is 5.65 Å². The van der Waals surface area contributed by atoms with Crippen molar-refractivity contribution in [1.29, 1.82) is 0 Å². The lowest BCUT2D eigenvalue weighted by molar-refractivity contribution is 0.0587. The number of rotatable bonds is 4. The summed E-state index contributed by atoms with van der Waals surface area (Å²) in [6, 6.07) is 12.1. The van der Waals surface area contributed by atoms with E-state index in [4.69, 9.17) is 9.47 Å². The lowest BCUT2D eigenvalue weighted by Crippen LogP contribution is -2.10. The van der Waals surface area contributed by atoms with Crippen LogP contribution in [0.4, 0.5) is 11.5 Å². The lowest BCUT2D eigenvalue weighted by Gasteiger charge is -2.13. The van der Waals surface area contributed by atoms with Gasteiger partial charge in [-0.1, -0.05) is 12.1 Å². The Bertz CT molecular complexity index is 1260. The van der Waals surface area contributed by atoms with E-state index in [9.17, 15) is 9.59 Å². The highest BCUT2D eigenvalue weighted by atomic mass is 16.5. The first-order valence-electron chi connectivity index (χ1n) is 8.71. The van der Waals surface area contributed by atoms with E-state index in [2.05, 4.69) is 20.5 Å². The molecule has 0 aliphatic rings. The maximum Gasteiger partial charge on any atom is 0.339 e. The summed E-state index contributed by atoms with van der Waals surface area (Å²) in [4.78, 5) is 28.8. The third kappa shape index (κ3) is 3.12. The van der Waals surface area contributed by atoms with Crippen LogP contribution in [0.15, 0.2) is 42.5 Å². The Balaban J connectivity index is 1.91. The molecule has 2 heterocycles. The first kappa shape index (κ1) is 18.4. The standard InChI is InChI=1S/C20H17N5O4/c1-11-23-24-18-17(21-14-6-4-5-7-16(14)25(11)18)22-15-10-12(19(26)28-2)8-9-13(15)20(27)29-3/h4-10H,1-3H3,(H,21,22). The SMILES string of the molecule is COC(=O)c1ccc(C(=O)OC)c(Nc2nc3ccccc3n3c(C)nnc23)c1. The molecule has 9 nitrogen and oxygen atoms in total. The number of anilines is 2. The average molecular weight is 391 g/mol. The second-order valence-corrected chi connectivity index (χ2v) is 6.22. The molecule has 9 heteroatoms. The molecule has 0 saturated heterocycles. The molecule has 0 fully saturated rings. The maximum atomic E-state index is 12.2. The Morgan fingerprint density at radius 3 is 2.52 bits per heavy atom. The second-order valence-electron chi connectivity index (χ2n) is 6.22. The Labute approximate surface area is 165 Å². The number of benzene rings is 2. The molecular weight excluding hydrogens is 374 g/mol. The van der Waals surface area contributed by atoms with Crippen LogP contribution in [-0.2, 0) is 9.47 Å². The zero-order valence-corrected chi connectivity index (χ0v) is 16.0. The van der Waals surface area contributed by atoms with E-state index < -0.39 is 11.9 Å². The molecule has 146 valence electrons. The molecule has 1 N–H and O–H groups in total. The number of nitrogens with zero attached hydrogens (tertiary/aromatic N) is 4. The second kappa shape index (κ2) is 7.19. The summed E-state index contributed by atoms with van der Waals surface area (Å²) >= 11 is 0. The third-order valence-corrected chi connectivity index (χ3v) is 4.49. The number of aromatic nitrogens is 4. The van der Waals surface area contributed by atoms with Crippen molar-refractivity contribution < 1.29 is 19.1 Å². The van der Waals surface area contributed by atoms with E-state index in [-0.39, 0.29) is 11.1 Å². The molecule has 0 spiro atoms. The molecular formula is C20H17N5O4. The maximum absolute atomic E-state index is 12.2. The summed E-state index contributed by atoms with van der Waals surface area (Å²) in [6.07, 6.45) is 0. The van der Waals surface area contributed by atoms with Gasteiger partial charge in [0, 0.05) is 0 Å². The fraction of sp³-hybridized carbons (Fsp3) is 0.150. The summed E-state index contributed by atoms with van der Waals surface area (Å²) in [6.45, 7) is 1.84. The molecule has 0 aliphatic carbocycles. The summed E-state index contributed by atoms with van der Waals surface area (Å²) in [5, 5.41) is 11.5. The van der Waals surface area contributed by atoms with Crippen LogP contribution < -0.4 is 5.32 Å². The molecule has 29 heavy (non-hydrogen) atoms. The van der Waals surface area contributed by atoms with E-state index in [0.29, 0.717) is 28.5 Å². The zero-order valence-electron chi connectivity index (χ0n) is 16.0. The van der Waals surface area contributed by atoms with Crippen molar-refractivity contribution in [2.24, 2.45) is 0 Å². The zero-order chi connectivity index (χ0) is 20.5. The minimum Gasteiger partial charge on any atom is -0.465 e. The average Bonchev–Trinajstić information content (AvgIpc) is 3.15. The molecule has 0 bridgehead atoms. The summed E-state index contributed by atoms with van der Waals surface area (Å²) < 4.78 is 11.5. The van der Waals surface area contributed by atoms with Gasteiger partial charge in [-0.3, -0.25) is 4.40 Å². The molecule has 0 atom stereocenters. The van der Waals surface area contributed by atoms with Gasteiger partial charge in [0.1, 0.15) is 5.82 Å². The molecule has 0 saturated carbocycles. The van der Waals surface area contributed by atoms with Crippen molar-refractivity contribution in [3.63, 3.8) is 0 Å². The molecule has 0 unspecified atom stereocenters. The molecule has 4 aromatic rings. The number of methoxy groups -OCH3 is 2. The van der Waals surface area contributed by atoms with E-state index in [1.54, 1.807) is 0 Å². The Morgan fingerprint density at radius 1 is 1.00 bits per heavy atom. The minimum absolute atomic E-state index is 0.240. The van der Waals surface area contributed by atoms with Crippen LogP contribution in [0.25, 0.3) is 16.7 Å². The van der Waals surface area contributed by atoms with Gasteiger partial charge in [0.05, 0.1) is 42.1 Å². The summed E-state index contributed by atoms with van der Waals surface area (Å²) in [5.41, 5.74) is 2.91. The number of carbonyl (C=O) groups excluding carboxylic acids is 2. The van der Waals surface area contributed by atoms with E-state index in [1.165, 1.54) is 32.4 Å². The molecule has 2 aromatic heterocycles. The number of carbonyl (C=O) groups is 2. The number of aryl methyl sites for hydroxylation is 1. The van der Waals surface area contributed by atoms with Crippen molar-refractivity contribution in [3.8, 4) is 0 Å². The van der Waals surface area contributed by atoms with Gasteiger partial charge in [-0.05, 0) is 37.3 Å². The number of esters is 2. The summed E-state index contributed by atoms with van der Waals surface area (Å²) in [5.74, 6) is -0.00704. The quantitative estimate of drug-likeness (QED) is 0.529. The van der Waals surface area contributed by atoms with Gasteiger partial charge in [0.25, 0.3) is 0 Å². The van der Waals surface area contributed by atoms with Crippen LogP contribution >= 0.6 is 0 Å². The smallest absolute Gasteiger partial charge is 0.339 e. The number of nitrogens with one attached hydrogen (secondary N) is 1. The van der Waals surface area contributed by atoms with Crippen LogP contribution in [0.5, 0.6) is 0 Å². The predicted octanol–water partition coefficient (Wildman–Crippen LogP) is 2.90. The van der Waals surface area contributed by atoms with Gasteiger partial charge in [0.15, 0.2) is 5.82 Å². The predicted molar refractivity (Wildman–Crippen MR) is 105 cm³/mol. The number of hydrogen-bond donors (Lipinski definition) is 1. The van der Waals surface area contributed by atoms with Crippen molar-refractivity contribution in [1.82, 2.24) is 19.6 Å². The normalized spacial score (nSPS) is 10.9. The van der Waals surface area contributed by atoms with Crippen LogP contribution in [0.3, 0.4) is 0 Å². The van der Waals surface area contributed by atoms with E-state index in [0.717, 1.165) is 5.52 Å². The molecule has 4 rings (SSSR count). The highest BCUT2D eigenvalue weighted by molar-refractivity contribution is 6.00. The largest absolute Gasteiger partial charge is 0.465 e. The molecule has 0 radical (unpaired) electrons. The topological polar surface area (TPSA) is 108 Å². The van der Waals surface area contributed by atoms with Crippen LogP contribution in [0.2, 0.25) is 0 Å². The Morgan fingerprint density at radius 2 is 1.76 bits per heavy atom. The lowest BCUT2D eigenvalue weighted by atomic mass is 10.1. The fourth-order valence-electron chi connectivity index (χ4n) is 3.11. The number of hydrogen-bond acceptors (Lipinski definition) is 8. The third-order valence-electron chi connectivity index (χ3n) is 4.49. The number of para-hydroxylation sites is 2. The molecule has 0 amide bonds. The minimum atomic E-state index is -0.557. The monoisotopic (exact) mass is 391 g/mol.